The number of anilines is 1. The normalized spacial score (nSPS) is 15.8. The van der Waals surface area contributed by atoms with Crippen molar-refractivity contribution in [3.05, 3.63) is 23.0 Å². The van der Waals surface area contributed by atoms with Crippen molar-refractivity contribution in [3.63, 3.8) is 0 Å². The third kappa shape index (κ3) is 3.83. The highest BCUT2D eigenvalue weighted by molar-refractivity contribution is 6.32. The molecule has 2 heterocycles. The number of hydrogen-bond acceptors (Lipinski definition) is 6. The van der Waals surface area contributed by atoms with Gasteiger partial charge in [0.2, 0.25) is 0 Å². The van der Waals surface area contributed by atoms with E-state index in [0.717, 1.165) is 0 Å². The van der Waals surface area contributed by atoms with Gasteiger partial charge in [0, 0.05) is 26.2 Å². The average molecular weight is 313 g/mol. The number of piperazine rings is 1. The lowest BCUT2D eigenvalue weighted by molar-refractivity contribution is -0.142. The van der Waals surface area contributed by atoms with E-state index in [2.05, 4.69) is 9.72 Å². The van der Waals surface area contributed by atoms with Gasteiger partial charge in [0.15, 0.2) is 0 Å². The smallest absolute Gasteiger partial charge is 0.319 e. The molecule has 1 aliphatic rings. The number of aromatic nitrogens is 1. The standard InChI is InChI=1S/C13H17ClN4O3/c1-21-11(19)8-17-2-4-18(5-3-17)13(20)10-6-9(15)7-16-12(10)14/h6-7H,2-5,8,15H2,1H3. The molecule has 1 aromatic heterocycles. The van der Waals surface area contributed by atoms with Gasteiger partial charge in [-0.15, -0.1) is 0 Å². The van der Waals surface area contributed by atoms with E-state index in [1.165, 1.54) is 19.4 Å². The van der Waals surface area contributed by atoms with Gasteiger partial charge in [0.25, 0.3) is 5.91 Å². The number of nitrogen functional groups attached to an aromatic ring is 1. The molecule has 21 heavy (non-hydrogen) atoms. The van der Waals surface area contributed by atoms with Crippen molar-refractivity contribution in [1.82, 2.24) is 14.8 Å². The summed E-state index contributed by atoms with van der Waals surface area (Å²) in [6, 6.07) is 1.53. The predicted molar refractivity (Wildman–Crippen MR) is 78.0 cm³/mol. The maximum Gasteiger partial charge on any atom is 0.319 e. The molecule has 1 aromatic rings. The minimum atomic E-state index is -0.280. The molecule has 0 spiro atoms. The number of rotatable bonds is 3. The Labute approximate surface area is 127 Å². The van der Waals surface area contributed by atoms with Gasteiger partial charge in [-0.2, -0.15) is 0 Å². The van der Waals surface area contributed by atoms with E-state index in [9.17, 15) is 9.59 Å². The Morgan fingerprint density at radius 3 is 2.67 bits per heavy atom. The van der Waals surface area contributed by atoms with Crippen LogP contribution in [0.5, 0.6) is 0 Å². The molecule has 0 saturated carbocycles. The van der Waals surface area contributed by atoms with Crippen LogP contribution in [0.1, 0.15) is 10.4 Å². The first-order valence-electron chi connectivity index (χ1n) is 6.50. The van der Waals surface area contributed by atoms with Gasteiger partial charge in [-0.05, 0) is 6.07 Å². The molecule has 0 atom stereocenters. The quantitative estimate of drug-likeness (QED) is 0.635. The summed E-state index contributed by atoms with van der Waals surface area (Å²) in [5, 5.41) is 0.145. The minimum absolute atomic E-state index is 0.145. The van der Waals surface area contributed by atoms with E-state index < -0.39 is 0 Å². The zero-order valence-corrected chi connectivity index (χ0v) is 12.5. The number of nitrogens with two attached hydrogens (primary N) is 1. The van der Waals surface area contributed by atoms with Gasteiger partial charge in [-0.3, -0.25) is 14.5 Å². The summed E-state index contributed by atoms with van der Waals surface area (Å²) in [6.07, 6.45) is 1.41. The highest BCUT2D eigenvalue weighted by Gasteiger charge is 2.25. The molecule has 2 rings (SSSR count). The van der Waals surface area contributed by atoms with Crippen LogP contribution in [0.15, 0.2) is 12.3 Å². The van der Waals surface area contributed by atoms with E-state index in [-0.39, 0.29) is 23.6 Å². The fourth-order valence-corrected chi connectivity index (χ4v) is 2.32. The predicted octanol–water partition coefficient (Wildman–Crippen LogP) is 0.248. The molecule has 0 aliphatic carbocycles. The average Bonchev–Trinajstić information content (AvgIpc) is 2.49. The molecule has 2 N–H and O–H groups in total. The van der Waals surface area contributed by atoms with Crippen molar-refractivity contribution >= 4 is 29.2 Å². The topological polar surface area (TPSA) is 88.8 Å². The number of pyridine rings is 1. The highest BCUT2D eigenvalue weighted by Crippen LogP contribution is 2.18. The summed E-state index contributed by atoms with van der Waals surface area (Å²) in [5.41, 5.74) is 6.33. The maximum atomic E-state index is 12.4. The Bertz CT molecular complexity index is 544. The largest absolute Gasteiger partial charge is 0.468 e. The molecule has 0 unspecified atom stereocenters. The molecule has 8 heteroatoms. The Morgan fingerprint density at radius 2 is 2.05 bits per heavy atom. The van der Waals surface area contributed by atoms with Crippen LogP contribution in [0, 0.1) is 0 Å². The summed E-state index contributed by atoms with van der Waals surface area (Å²) in [7, 11) is 1.36. The number of ether oxygens (including phenoxy) is 1. The van der Waals surface area contributed by atoms with Crippen molar-refractivity contribution in [1.29, 1.82) is 0 Å². The van der Waals surface area contributed by atoms with Crippen LogP contribution < -0.4 is 5.73 Å². The first kappa shape index (κ1) is 15.5. The molecule has 0 radical (unpaired) electrons. The number of halogens is 1. The van der Waals surface area contributed by atoms with Crippen LogP contribution in [-0.4, -0.2) is 66.5 Å². The van der Waals surface area contributed by atoms with Crippen LogP contribution >= 0.6 is 11.6 Å². The van der Waals surface area contributed by atoms with Gasteiger partial charge < -0.3 is 15.4 Å². The molecule has 1 saturated heterocycles. The molecule has 0 aromatic carbocycles. The molecule has 0 bridgehead atoms. The lowest BCUT2D eigenvalue weighted by Crippen LogP contribution is -2.50. The molecule has 1 fully saturated rings. The molecule has 1 aliphatic heterocycles. The SMILES string of the molecule is COC(=O)CN1CCN(C(=O)c2cc(N)cnc2Cl)CC1. The summed E-state index contributed by atoms with van der Waals surface area (Å²) in [5.74, 6) is -0.477. The van der Waals surface area contributed by atoms with Crippen LogP contribution in [0.25, 0.3) is 0 Å². The van der Waals surface area contributed by atoms with E-state index in [1.54, 1.807) is 4.90 Å². The second-order valence-electron chi connectivity index (χ2n) is 4.75. The van der Waals surface area contributed by atoms with Crippen LogP contribution in [0.3, 0.4) is 0 Å². The second-order valence-corrected chi connectivity index (χ2v) is 5.11. The Balaban J connectivity index is 1.97. The zero-order valence-electron chi connectivity index (χ0n) is 11.7. The fourth-order valence-electron chi connectivity index (χ4n) is 2.14. The van der Waals surface area contributed by atoms with Gasteiger partial charge >= 0.3 is 5.97 Å². The molecule has 1 amide bonds. The number of carbonyl (C=O) groups excluding carboxylic acids is 2. The van der Waals surface area contributed by atoms with E-state index in [0.29, 0.717) is 37.4 Å². The lowest BCUT2D eigenvalue weighted by Gasteiger charge is -2.34. The van der Waals surface area contributed by atoms with Crippen molar-refractivity contribution in [2.24, 2.45) is 0 Å². The van der Waals surface area contributed by atoms with E-state index >= 15 is 0 Å². The summed E-state index contributed by atoms with van der Waals surface area (Å²) < 4.78 is 4.62. The molecular formula is C13H17ClN4O3. The first-order chi connectivity index (χ1) is 10.0. The van der Waals surface area contributed by atoms with Crippen molar-refractivity contribution in [2.75, 3.05) is 45.6 Å². The van der Waals surface area contributed by atoms with E-state index in [4.69, 9.17) is 17.3 Å². The number of nitrogens with zero attached hydrogens (tertiary/aromatic N) is 3. The minimum Gasteiger partial charge on any atom is -0.468 e. The number of carbonyl (C=O) groups is 2. The van der Waals surface area contributed by atoms with Gasteiger partial charge in [-0.25, -0.2) is 4.98 Å². The highest BCUT2D eigenvalue weighted by atomic mass is 35.5. The Hall–Kier alpha value is -1.86. The van der Waals surface area contributed by atoms with Crippen molar-refractivity contribution < 1.29 is 14.3 Å². The molecular weight excluding hydrogens is 296 g/mol. The number of amides is 1. The number of hydrogen-bond donors (Lipinski definition) is 1. The summed E-state index contributed by atoms with van der Waals surface area (Å²) >= 11 is 5.94. The van der Waals surface area contributed by atoms with Gasteiger partial charge in [-0.1, -0.05) is 11.6 Å². The lowest BCUT2D eigenvalue weighted by atomic mass is 10.2. The fraction of sp³-hybridized carbons (Fsp3) is 0.462. The van der Waals surface area contributed by atoms with Gasteiger partial charge in [0.05, 0.1) is 31.1 Å². The van der Waals surface area contributed by atoms with Crippen molar-refractivity contribution in [2.45, 2.75) is 0 Å². The molecule has 7 nitrogen and oxygen atoms in total. The monoisotopic (exact) mass is 312 g/mol. The first-order valence-corrected chi connectivity index (χ1v) is 6.88. The van der Waals surface area contributed by atoms with E-state index in [1.807, 2.05) is 4.90 Å². The molecule has 114 valence electrons. The Kier molecular flexibility index (Phi) is 4.98. The number of methoxy groups -OCH3 is 1. The number of esters is 1. The van der Waals surface area contributed by atoms with Crippen LogP contribution in [0.4, 0.5) is 5.69 Å². The third-order valence-electron chi connectivity index (χ3n) is 3.33. The van der Waals surface area contributed by atoms with Crippen LogP contribution in [0.2, 0.25) is 5.15 Å². The third-order valence-corrected chi connectivity index (χ3v) is 3.63. The van der Waals surface area contributed by atoms with Gasteiger partial charge in [0.1, 0.15) is 5.15 Å². The second kappa shape index (κ2) is 6.73. The zero-order chi connectivity index (χ0) is 15.4. The maximum absolute atomic E-state index is 12.4. The summed E-state index contributed by atoms with van der Waals surface area (Å²) in [6.45, 7) is 2.48. The Morgan fingerprint density at radius 1 is 1.38 bits per heavy atom. The van der Waals surface area contributed by atoms with Crippen LogP contribution in [-0.2, 0) is 9.53 Å². The summed E-state index contributed by atoms with van der Waals surface area (Å²) in [4.78, 5) is 31.1. The van der Waals surface area contributed by atoms with Crippen molar-refractivity contribution in [3.8, 4) is 0 Å².